The zero-order chi connectivity index (χ0) is 19.0. The van der Waals surface area contributed by atoms with Crippen molar-refractivity contribution in [2.45, 2.75) is 24.7 Å². The first-order valence-electron chi connectivity index (χ1n) is 8.36. The van der Waals surface area contributed by atoms with Gasteiger partial charge in [0.2, 0.25) is 15.0 Å². The van der Waals surface area contributed by atoms with Crippen LogP contribution in [0.2, 0.25) is 5.02 Å². The van der Waals surface area contributed by atoms with Gasteiger partial charge in [0.15, 0.2) is 0 Å². The van der Waals surface area contributed by atoms with E-state index in [-0.39, 0.29) is 5.16 Å². The predicted octanol–water partition coefficient (Wildman–Crippen LogP) is 3.22. The Bertz CT molecular complexity index is 1080. The molecule has 0 unspecified atom stereocenters. The lowest BCUT2D eigenvalue weighted by atomic mass is 10.1. The summed E-state index contributed by atoms with van der Waals surface area (Å²) in [7, 11) is -3.38. The van der Waals surface area contributed by atoms with E-state index >= 15 is 0 Å². The van der Waals surface area contributed by atoms with Crippen LogP contribution in [0.4, 0.5) is 0 Å². The molecule has 6 nitrogen and oxygen atoms in total. The van der Waals surface area contributed by atoms with Gasteiger partial charge in [-0.1, -0.05) is 23.7 Å². The summed E-state index contributed by atoms with van der Waals surface area (Å²) in [4.78, 5) is 16.2. The van der Waals surface area contributed by atoms with Gasteiger partial charge in [-0.15, -0.1) is 11.3 Å². The lowest BCUT2D eigenvalue weighted by molar-refractivity contribution is 0.244. The Kier molecular flexibility index (Phi) is 4.98. The van der Waals surface area contributed by atoms with E-state index in [0.29, 0.717) is 18.0 Å². The first-order valence-corrected chi connectivity index (χ1v) is 11.4. The molecule has 9 heteroatoms. The molecule has 3 aromatic rings. The SMILES string of the molecule is CS(=O)(=O)c1ncc2c(n1)CCN(Cc1cnc(-c3ccc(Cl)cc3)s1)C2. The molecule has 1 aliphatic heterocycles. The van der Waals surface area contributed by atoms with Crippen molar-refractivity contribution >= 4 is 32.8 Å². The van der Waals surface area contributed by atoms with Gasteiger partial charge in [-0.25, -0.2) is 23.4 Å². The van der Waals surface area contributed by atoms with Gasteiger partial charge >= 0.3 is 0 Å². The molecule has 0 saturated carbocycles. The molecule has 0 aliphatic carbocycles. The van der Waals surface area contributed by atoms with Crippen LogP contribution >= 0.6 is 22.9 Å². The highest BCUT2D eigenvalue weighted by atomic mass is 35.5. The molecule has 1 aromatic carbocycles. The highest BCUT2D eigenvalue weighted by Crippen LogP contribution is 2.28. The summed E-state index contributed by atoms with van der Waals surface area (Å²) in [6.45, 7) is 2.31. The average molecular weight is 421 g/mol. The Hall–Kier alpha value is -1.87. The van der Waals surface area contributed by atoms with Gasteiger partial charge < -0.3 is 0 Å². The molecule has 4 rings (SSSR count). The third-order valence-corrected chi connectivity index (χ3v) is 6.49. The molecule has 0 N–H and O–H groups in total. The number of thiazole rings is 1. The van der Waals surface area contributed by atoms with Crippen LogP contribution in [0.1, 0.15) is 16.1 Å². The monoisotopic (exact) mass is 420 g/mol. The minimum absolute atomic E-state index is 0.0928. The lowest BCUT2D eigenvalue weighted by Gasteiger charge is -2.27. The minimum Gasteiger partial charge on any atom is -0.293 e. The van der Waals surface area contributed by atoms with E-state index in [1.807, 2.05) is 30.5 Å². The molecular weight excluding hydrogens is 404 g/mol. The second-order valence-electron chi connectivity index (χ2n) is 6.50. The maximum absolute atomic E-state index is 11.6. The molecule has 0 radical (unpaired) electrons. The van der Waals surface area contributed by atoms with Crippen molar-refractivity contribution in [3.05, 3.63) is 57.8 Å². The van der Waals surface area contributed by atoms with Crippen LogP contribution in [0.25, 0.3) is 10.6 Å². The summed E-state index contributed by atoms with van der Waals surface area (Å²) in [5, 5.41) is 1.59. The number of nitrogens with zero attached hydrogens (tertiary/aromatic N) is 4. The summed E-state index contributed by atoms with van der Waals surface area (Å²) in [6.07, 6.45) is 5.39. The van der Waals surface area contributed by atoms with Gasteiger partial charge in [-0.3, -0.25) is 4.90 Å². The van der Waals surface area contributed by atoms with Crippen LogP contribution in [-0.2, 0) is 29.3 Å². The molecule has 3 heterocycles. The second-order valence-corrected chi connectivity index (χ2v) is 9.96. The highest BCUT2D eigenvalue weighted by molar-refractivity contribution is 7.90. The van der Waals surface area contributed by atoms with Crippen LogP contribution in [0.3, 0.4) is 0 Å². The third-order valence-electron chi connectivity index (χ3n) is 4.35. The van der Waals surface area contributed by atoms with Gasteiger partial charge in [0.05, 0.1) is 5.69 Å². The first-order chi connectivity index (χ1) is 12.9. The maximum Gasteiger partial charge on any atom is 0.246 e. The van der Waals surface area contributed by atoms with E-state index in [9.17, 15) is 8.42 Å². The van der Waals surface area contributed by atoms with E-state index in [1.165, 1.54) is 4.88 Å². The standard InChI is InChI=1S/C18H17ClN4O2S2/c1-27(24,25)18-21-8-13-10-23(7-6-16(13)22-18)11-15-9-20-17(26-15)12-2-4-14(19)5-3-12/h2-5,8-9H,6-7,10-11H2,1H3. The fourth-order valence-electron chi connectivity index (χ4n) is 3.00. The normalized spacial score (nSPS) is 14.9. The summed E-state index contributed by atoms with van der Waals surface area (Å²) in [6, 6.07) is 7.67. The van der Waals surface area contributed by atoms with E-state index in [0.717, 1.165) is 41.2 Å². The van der Waals surface area contributed by atoms with Gasteiger partial charge in [0.25, 0.3) is 0 Å². The maximum atomic E-state index is 11.6. The van der Waals surface area contributed by atoms with Crippen molar-refractivity contribution in [3.63, 3.8) is 0 Å². The average Bonchev–Trinajstić information content (AvgIpc) is 3.09. The first kappa shape index (κ1) is 18.5. The number of hydrogen-bond acceptors (Lipinski definition) is 7. The number of hydrogen-bond donors (Lipinski definition) is 0. The zero-order valence-electron chi connectivity index (χ0n) is 14.6. The summed E-state index contributed by atoms with van der Waals surface area (Å²) in [5.41, 5.74) is 2.87. The molecule has 0 amide bonds. The Morgan fingerprint density at radius 2 is 1.96 bits per heavy atom. The predicted molar refractivity (Wildman–Crippen MR) is 106 cm³/mol. The van der Waals surface area contributed by atoms with E-state index in [2.05, 4.69) is 19.9 Å². The van der Waals surface area contributed by atoms with Crippen molar-refractivity contribution in [1.82, 2.24) is 19.9 Å². The Labute approximate surface area is 166 Å². The molecule has 0 atom stereocenters. The Morgan fingerprint density at radius 3 is 2.70 bits per heavy atom. The second kappa shape index (κ2) is 7.27. The van der Waals surface area contributed by atoms with E-state index in [4.69, 9.17) is 11.6 Å². The van der Waals surface area contributed by atoms with Crippen LogP contribution in [-0.4, -0.2) is 41.1 Å². The van der Waals surface area contributed by atoms with Crippen molar-refractivity contribution in [2.75, 3.05) is 12.8 Å². The molecule has 27 heavy (non-hydrogen) atoms. The number of aromatic nitrogens is 3. The fourth-order valence-corrected chi connectivity index (χ4v) is 4.60. The van der Waals surface area contributed by atoms with Crippen LogP contribution in [0, 0.1) is 0 Å². The number of benzene rings is 1. The van der Waals surface area contributed by atoms with Gasteiger partial charge in [-0.2, -0.15) is 0 Å². The Balaban J connectivity index is 1.47. The van der Waals surface area contributed by atoms with Crippen LogP contribution in [0.15, 0.2) is 41.8 Å². The van der Waals surface area contributed by atoms with Gasteiger partial charge in [0, 0.05) is 65.7 Å². The topological polar surface area (TPSA) is 76.1 Å². The molecule has 0 spiro atoms. The van der Waals surface area contributed by atoms with Crippen LogP contribution in [0.5, 0.6) is 0 Å². The summed E-state index contributed by atoms with van der Waals surface area (Å²) < 4.78 is 23.2. The van der Waals surface area contributed by atoms with Crippen LogP contribution < -0.4 is 0 Å². The van der Waals surface area contributed by atoms with Gasteiger partial charge in [0.1, 0.15) is 5.01 Å². The van der Waals surface area contributed by atoms with E-state index in [1.54, 1.807) is 17.5 Å². The molecule has 140 valence electrons. The van der Waals surface area contributed by atoms with Crippen molar-refractivity contribution in [3.8, 4) is 10.6 Å². The molecule has 0 bridgehead atoms. The fraction of sp³-hybridized carbons (Fsp3) is 0.278. The van der Waals surface area contributed by atoms with E-state index < -0.39 is 9.84 Å². The largest absolute Gasteiger partial charge is 0.293 e. The zero-order valence-corrected chi connectivity index (χ0v) is 17.0. The van der Waals surface area contributed by atoms with Gasteiger partial charge in [-0.05, 0) is 12.1 Å². The number of halogens is 1. The molecule has 0 fully saturated rings. The van der Waals surface area contributed by atoms with Crippen molar-refractivity contribution in [2.24, 2.45) is 0 Å². The quantitative estimate of drug-likeness (QED) is 0.603. The molecule has 1 aliphatic rings. The number of sulfone groups is 1. The van der Waals surface area contributed by atoms with Crippen molar-refractivity contribution in [1.29, 1.82) is 0 Å². The number of fused-ring (bicyclic) bond motifs is 1. The Morgan fingerprint density at radius 1 is 1.19 bits per heavy atom. The third kappa shape index (κ3) is 4.19. The molecule has 0 saturated heterocycles. The summed E-state index contributed by atoms with van der Waals surface area (Å²) in [5.74, 6) is 0. The number of rotatable bonds is 4. The highest BCUT2D eigenvalue weighted by Gasteiger charge is 2.21. The smallest absolute Gasteiger partial charge is 0.246 e. The minimum atomic E-state index is -3.38. The van der Waals surface area contributed by atoms with Crippen molar-refractivity contribution < 1.29 is 8.42 Å². The summed E-state index contributed by atoms with van der Waals surface area (Å²) >= 11 is 7.61. The molecule has 2 aromatic heterocycles. The lowest BCUT2D eigenvalue weighted by Crippen LogP contribution is -2.31. The molecular formula is C18H17ClN4O2S2.